The molecule has 1 atom stereocenters. The lowest BCUT2D eigenvalue weighted by molar-refractivity contribution is 0.342. The number of hydrogen-bond acceptors (Lipinski definition) is 6. The van der Waals surface area contributed by atoms with Gasteiger partial charge in [0.25, 0.3) is 5.89 Å². The van der Waals surface area contributed by atoms with Gasteiger partial charge in [0, 0.05) is 44.5 Å². The molecular formula is C19H23N5O3S. The molecule has 4 rings (SSSR count). The fourth-order valence-electron chi connectivity index (χ4n) is 3.53. The van der Waals surface area contributed by atoms with Gasteiger partial charge in [-0.15, -0.1) is 10.2 Å². The molecule has 1 N–H and O–H groups in total. The molecule has 1 aromatic carbocycles. The molecule has 0 unspecified atom stereocenters. The number of anilines is 1. The van der Waals surface area contributed by atoms with Crippen molar-refractivity contribution in [3.8, 4) is 11.6 Å². The lowest BCUT2D eigenvalue weighted by Gasteiger charge is -2.40. The maximum absolute atomic E-state index is 13.1. The molecule has 0 amide bonds. The van der Waals surface area contributed by atoms with Gasteiger partial charge >= 0.3 is 0 Å². The maximum Gasteiger partial charge on any atom is 0.264 e. The summed E-state index contributed by atoms with van der Waals surface area (Å²) in [7, 11) is -3.60. The van der Waals surface area contributed by atoms with Crippen molar-refractivity contribution in [2.75, 3.05) is 24.5 Å². The second-order valence-electron chi connectivity index (χ2n) is 7.12. The number of aryl methyl sites for hydroxylation is 2. The second-order valence-corrected chi connectivity index (χ2v) is 9.06. The van der Waals surface area contributed by atoms with Crippen molar-refractivity contribution in [1.29, 1.82) is 0 Å². The molecule has 0 saturated carbocycles. The molecule has 1 aliphatic heterocycles. The summed E-state index contributed by atoms with van der Waals surface area (Å²) in [5.41, 5.74) is 2.81. The van der Waals surface area contributed by atoms with Gasteiger partial charge in [0.1, 0.15) is 10.6 Å². The maximum atomic E-state index is 13.1. The first-order valence-corrected chi connectivity index (χ1v) is 10.6. The normalized spacial score (nSPS) is 18.5. The Balaban J connectivity index is 1.52. The molecule has 0 bridgehead atoms. The average Bonchev–Trinajstić information content (AvgIpc) is 3.31. The topological polar surface area (TPSA) is 95.3 Å². The zero-order valence-electron chi connectivity index (χ0n) is 16.1. The average molecular weight is 401 g/mol. The Morgan fingerprint density at radius 3 is 2.68 bits per heavy atom. The van der Waals surface area contributed by atoms with Crippen LogP contribution in [0, 0.1) is 13.8 Å². The van der Waals surface area contributed by atoms with Crippen LogP contribution in [0.4, 0.5) is 5.69 Å². The molecule has 3 heterocycles. The predicted octanol–water partition coefficient (Wildman–Crippen LogP) is 2.58. The fraction of sp³-hybridized carbons (Fsp3) is 0.368. The number of rotatable bonds is 4. The summed E-state index contributed by atoms with van der Waals surface area (Å²) in [4.78, 5) is 5.38. The van der Waals surface area contributed by atoms with Crippen LogP contribution in [-0.4, -0.2) is 53.6 Å². The number of sulfonamides is 1. The van der Waals surface area contributed by atoms with Crippen molar-refractivity contribution in [2.24, 2.45) is 0 Å². The molecule has 1 aliphatic rings. The Morgan fingerprint density at radius 2 is 2.00 bits per heavy atom. The van der Waals surface area contributed by atoms with Crippen LogP contribution in [0.25, 0.3) is 11.6 Å². The molecule has 0 radical (unpaired) electrons. The zero-order valence-corrected chi connectivity index (χ0v) is 16.9. The van der Waals surface area contributed by atoms with Crippen molar-refractivity contribution in [1.82, 2.24) is 19.5 Å². The molecule has 148 valence electrons. The van der Waals surface area contributed by atoms with Crippen LogP contribution >= 0.6 is 0 Å². The number of piperazine rings is 1. The largest absolute Gasteiger partial charge is 0.420 e. The van der Waals surface area contributed by atoms with Gasteiger partial charge < -0.3 is 14.3 Å². The minimum absolute atomic E-state index is 0.0716. The molecule has 0 aliphatic carbocycles. The summed E-state index contributed by atoms with van der Waals surface area (Å²) in [6.45, 7) is 7.30. The molecule has 28 heavy (non-hydrogen) atoms. The van der Waals surface area contributed by atoms with E-state index in [1.54, 1.807) is 13.0 Å². The van der Waals surface area contributed by atoms with Crippen LogP contribution in [-0.2, 0) is 10.0 Å². The molecule has 2 aromatic heterocycles. The third-order valence-corrected chi connectivity index (χ3v) is 6.82. The zero-order chi connectivity index (χ0) is 19.9. The number of H-pyrrole nitrogens is 1. The first-order valence-electron chi connectivity index (χ1n) is 9.17. The van der Waals surface area contributed by atoms with Crippen LogP contribution < -0.4 is 4.90 Å². The molecule has 3 aromatic rings. The number of hydrogen-bond donors (Lipinski definition) is 1. The molecular weight excluding hydrogens is 378 g/mol. The molecule has 0 spiro atoms. The third kappa shape index (κ3) is 3.43. The first kappa shape index (κ1) is 18.7. The Morgan fingerprint density at radius 1 is 1.18 bits per heavy atom. The highest BCUT2D eigenvalue weighted by Gasteiger charge is 2.33. The summed E-state index contributed by atoms with van der Waals surface area (Å²) in [5, 5.41) is 7.70. The van der Waals surface area contributed by atoms with Gasteiger partial charge in [0.15, 0.2) is 0 Å². The lowest BCUT2D eigenvalue weighted by Crippen LogP contribution is -2.53. The second kappa shape index (κ2) is 7.06. The van der Waals surface area contributed by atoms with E-state index in [2.05, 4.69) is 45.2 Å². The Bertz CT molecular complexity index is 1090. The van der Waals surface area contributed by atoms with E-state index in [1.807, 2.05) is 13.0 Å². The van der Waals surface area contributed by atoms with E-state index in [-0.39, 0.29) is 16.8 Å². The van der Waals surface area contributed by atoms with E-state index in [0.29, 0.717) is 31.2 Å². The third-order valence-electron chi connectivity index (χ3n) is 4.97. The molecule has 8 nitrogen and oxygen atoms in total. The monoisotopic (exact) mass is 401 g/mol. The highest BCUT2D eigenvalue weighted by Crippen LogP contribution is 2.27. The number of nitrogens with one attached hydrogen (secondary N) is 1. The van der Waals surface area contributed by atoms with E-state index in [9.17, 15) is 8.42 Å². The Labute approximate surface area is 164 Å². The van der Waals surface area contributed by atoms with E-state index in [1.165, 1.54) is 16.1 Å². The number of aromatic amines is 1. The highest BCUT2D eigenvalue weighted by atomic mass is 32.2. The number of nitrogens with zero attached hydrogens (tertiary/aromatic N) is 4. The summed E-state index contributed by atoms with van der Waals surface area (Å²) in [6, 6.07) is 9.90. The summed E-state index contributed by atoms with van der Waals surface area (Å²) >= 11 is 0. The summed E-state index contributed by atoms with van der Waals surface area (Å²) < 4.78 is 33.1. The standard InChI is InChI=1S/C19H23N5O3S/c1-13-5-4-6-16(9-13)24-8-7-23(12-14(24)2)28(25,26)17-10-18(20-11-17)19-22-21-15(3)27-19/h4-6,9-11,14,20H,7-8,12H2,1-3H3/t14-/m1/s1. The van der Waals surface area contributed by atoms with Crippen molar-refractivity contribution in [3.05, 3.63) is 48.0 Å². The van der Waals surface area contributed by atoms with Gasteiger partial charge in [0.05, 0.1) is 0 Å². The summed E-state index contributed by atoms with van der Waals surface area (Å²) in [5.74, 6) is 0.701. The molecule has 1 saturated heterocycles. The van der Waals surface area contributed by atoms with Crippen LogP contribution in [0.2, 0.25) is 0 Å². The molecule has 1 fully saturated rings. The Kier molecular flexibility index (Phi) is 4.72. The Hall–Kier alpha value is -2.65. The quantitative estimate of drug-likeness (QED) is 0.722. The van der Waals surface area contributed by atoms with Crippen LogP contribution in [0.1, 0.15) is 18.4 Å². The summed E-state index contributed by atoms with van der Waals surface area (Å²) in [6.07, 6.45) is 1.47. The smallest absolute Gasteiger partial charge is 0.264 e. The van der Waals surface area contributed by atoms with Gasteiger partial charge in [-0.3, -0.25) is 0 Å². The van der Waals surface area contributed by atoms with Gasteiger partial charge in [-0.25, -0.2) is 8.42 Å². The van der Waals surface area contributed by atoms with Crippen LogP contribution in [0.3, 0.4) is 0 Å². The highest BCUT2D eigenvalue weighted by molar-refractivity contribution is 7.89. The minimum Gasteiger partial charge on any atom is -0.420 e. The minimum atomic E-state index is -3.60. The number of benzene rings is 1. The van der Waals surface area contributed by atoms with Gasteiger partial charge in [-0.05, 0) is 37.6 Å². The molecule has 9 heteroatoms. The van der Waals surface area contributed by atoms with Crippen LogP contribution in [0.15, 0.2) is 45.8 Å². The van der Waals surface area contributed by atoms with Gasteiger partial charge in [0.2, 0.25) is 15.9 Å². The van der Waals surface area contributed by atoms with Crippen molar-refractivity contribution in [2.45, 2.75) is 31.7 Å². The van der Waals surface area contributed by atoms with E-state index in [4.69, 9.17) is 4.42 Å². The number of aromatic nitrogens is 3. The van der Waals surface area contributed by atoms with Gasteiger partial charge in [-0.1, -0.05) is 12.1 Å². The first-order chi connectivity index (χ1) is 13.3. The SMILES string of the molecule is Cc1cccc(N2CCN(S(=O)(=O)c3c[nH]c(-c4nnc(C)o4)c3)C[C@H]2C)c1. The lowest BCUT2D eigenvalue weighted by atomic mass is 10.1. The fourth-order valence-corrected chi connectivity index (χ4v) is 5.04. The van der Waals surface area contributed by atoms with E-state index in [0.717, 1.165) is 5.69 Å². The van der Waals surface area contributed by atoms with Crippen molar-refractivity contribution in [3.63, 3.8) is 0 Å². The van der Waals surface area contributed by atoms with Crippen LogP contribution in [0.5, 0.6) is 0 Å². The predicted molar refractivity (Wildman–Crippen MR) is 106 cm³/mol. The van der Waals surface area contributed by atoms with Gasteiger partial charge in [-0.2, -0.15) is 4.31 Å². The van der Waals surface area contributed by atoms with E-state index < -0.39 is 10.0 Å². The van der Waals surface area contributed by atoms with E-state index >= 15 is 0 Å². The van der Waals surface area contributed by atoms with Crippen molar-refractivity contribution < 1.29 is 12.8 Å². The van der Waals surface area contributed by atoms with Crippen molar-refractivity contribution >= 4 is 15.7 Å².